The van der Waals surface area contributed by atoms with Gasteiger partial charge in [-0.25, -0.2) is 5.06 Å². The third-order valence-electron chi connectivity index (χ3n) is 2.58. The number of nitrogens with zero attached hydrogens (tertiary/aromatic N) is 1. The number of piperidine rings is 1. The molecule has 1 saturated heterocycles. The van der Waals surface area contributed by atoms with E-state index in [9.17, 15) is 9.59 Å². The molecule has 96 valence electrons. The first kappa shape index (κ1) is 13.5. The van der Waals surface area contributed by atoms with Gasteiger partial charge in [-0.15, -0.1) is 0 Å². The average Bonchev–Trinajstić information content (AvgIpc) is 2.09. The molecule has 5 nitrogen and oxygen atoms in total. The van der Waals surface area contributed by atoms with Crippen LogP contribution in [0.1, 0.15) is 40.5 Å². The second kappa shape index (κ2) is 4.77. The van der Waals surface area contributed by atoms with Crippen LogP contribution in [0.15, 0.2) is 12.3 Å². The summed E-state index contributed by atoms with van der Waals surface area (Å²) in [4.78, 5) is 27.1. The fraction of sp³-hybridized carbons (Fsp3) is 0.667. The van der Waals surface area contributed by atoms with E-state index in [1.54, 1.807) is 0 Å². The Kier molecular flexibility index (Phi) is 3.80. The van der Waals surface area contributed by atoms with Crippen LogP contribution < -0.4 is 0 Å². The van der Waals surface area contributed by atoms with E-state index in [0.717, 1.165) is 0 Å². The van der Waals surface area contributed by atoms with E-state index in [0.29, 0.717) is 18.5 Å². The summed E-state index contributed by atoms with van der Waals surface area (Å²) in [6.45, 7) is 10.4. The maximum atomic E-state index is 11.0. The molecule has 0 N–H and O–H groups in total. The summed E-state index contributed by atoms with van der Waals surface area (Å²) in [6, 6.07) is 0. The molecule has 0 aromatic rings. The quantitative estimate of drug-likeness (QED) is 0.690. The molecule has 17 heavy (non-hydrogen) atoms. The van der Waals surface area contributed by atoms with Crippen LogP contribution in [0.4, 0.5) is 0 Å². The molecule has 0 radical (unpaired) electrons. The van der Waals surface area contributed by atoms with Gasteiger partial charge in [0.15, 0.2) is 0 Å². The first-order valence-corrected chi connectivity index (χ1v) is 5.56. The van der Waals surface area contributed by atoms with Crippen molar-refractivity contribution >= 4 is 11.9 Å². The molecule has 1 atom stereocenters. The molecule has 0 aromatic heterocycles. The number of ether oxygens (including phenoxy) is 1. The number of rotatable bonds is 2. The molecule has 0 amide bonds. The van der Waals surface area contributed by atoms with Gasteiger partial charge >= 0.3 is 11.9 Å². The predicted octanol–water partition coefficient (Wildman–Crippen LogP) is 1.78. The lowest BCUT2D eigenvalue weighted by atomic mass is 9.89. The van der Waals surface area contributed by atoms with Gasteiger partial charge < -0.3 is 9.57 Å². The third-order valence-corrected chi connectivity index (χ3v) is 2.58. The molecular formula is C12H19NO4. The van der Waals surface area contributed by atoms with Crippen molar-refractivity contribution in [1.29, 1.82) is 0 Å². The maximum absolute atomic E-state index is 11.0. The van der Waals surface area contributed by atoms with E-state index >= 15 is 0 Å². The lowest BCUT2D eigenvalue weighted by molar-refractivity contribution is -0.215. The van der Waals surface area contributed by atoms with Crippen molar-refractivity contribution in [3.05, 3.63) is 12.3 Å². The summed E-state index contributed by atoms with van der Waals surface area (Å²) in [5.41, 5.74) is 0.212. The van der Waals surface area contributed by atoms with E-state index in [-0.39, 0.29) is 18.0 Å². The number of carbonyl (C=O) groups excluding carboxylic acids is 2. The van der Waals surface area contributed by atoms with Gasteiger partial charge in [0, 0.05) is 32.4 Å². The zero-order valence-corrected chi connectivity index (χ0v) is 10.8. The Hall–Kier alpha value is -1.52. The van der Waals surface area contributed by atoms with Gasteiger partial charge in [0.25, 0.3) is 0 Å². The van der Waals surface area contributed by atoms with Crippen molar-refractivity contribution < 1.29 is 19.2 Å². The molecule has 5 heteroatoms. The van der Waals surface area contributed by atoms with E-state index in [4.69, 9.17) is 9.57 Å². The highest BCUT2D eigenvalue weighted by atomic mass is 16.7. The van der Waals surface area contributed by atoms with Gasteiger partial charge in [-0.3, -0.25) is 9.59 Å². The van der Waals surface area contributed by atoms with Crippen LogP contribution in [0.25, 0.3) is 0 Å². The van der Waals surface area contributed by atoms with Crippen molar-refractivity contribution in [3.63, 3.8) is 0 Å². The lowest BCUT2D eigenvalue weighted by Crippen LogP contribution is -2.51. The highest BCUT2D eigenvalue weighted by molar-refractivity contribution is 5.66. The number of hydrogen-bond acceptors (Lipinski definition) is 5. The van der Waals surface area contributed by atoms with Crippen LogP contribution in [-0.2, 0) is 19.2 Å². The Bertz CT molecular complexity index is 348. The predicted molar refractivity (Wildman–Crippen MR) is 61.6 cm³/mol. The average molecular weight is 241 g/mol. The van der Waals surface area contributed by atoms with Crippen molar-refractivity contribution in [2.75, 3.05) is 0 Å². The zero-order chi connectivity index (χ0) is 13.2. The monoisotopic (exact) mass is 241 g/mol. The molecule has 1 aliphatic heterocycles. The van der Waals surface area contributed by atoms with E-state index in [2.05, 4.69) is 6.58 Å². The van der Waals surface area contributed by atoms with Gasteiger partial charge in [-0.1, -0.05) is 6.58 Å². The summed E-state index contributed by atoms with van der Waals surface area (Å²) in [5, 5.41) is 1.51. The second-order valence-electron chi connectivity index (χ2n) is 4.90. The molecule has 0 saturated carbocycles. The fourth-order valence-electron chi connectivity index (χ4n) is 2.12. The van der Waals surface area contributed by atoms with Crippen LogP contribution in [-0.4, -0.2) is 28.6 Å². The maximum Gasteiger partial charge on any atom is 0.329 e. The summed E-state index contributed by atoms with van der Waals surface area (Å²) in [5.74, 6) is -0.690. The van der Waals surface area contributed by atoms with Gasteiger partial charge in [0.2, 0.25) is 0 Å². The molecule has 1 unspecified atom stereocenters. The van der Waals surface area contributed by atoms with Gasteiger partial charge in [-0.2, -0.15) is 0 Å². The van der Waals surface area contributed by atoms with Crippen LogP contribution >= 0.6 is 0 Å². The number of esters is 1. The van der Waals surface area contributed by atoms with Crippen molar-refractivity contribution in [2.45, 2.75) is 52.2 Å². The van der Waals surface area contributed by atoms with Crippen molar-refractivity contribution in [3.8, 4) is 0 Å². The topological polar surface area (TPSA) is 55.8 Å². The Balaban J connectivity index is 2.77. The van der Waals surface area contributed by atoms with E-state index < -0.39 is 5.54 Å². The number of hydrogen-bond donors (Lipinski definition) is 0. The molecule has 1 aliphatic rings. The molecule has 0 bridgehead atoms. The summed E-state index contributed by atoms with van der Waals surface area (Å²) < 4.78 is 5.18. The Morgan fingerprint density at radius 3 is 2.35 bits per heavy atom. The molecule has 0 aliphatic carbocycles. The molecule has 1 rings (SSSR count). The number of hydroxylamine groups is 2. The minimum absolute atomic E-state index is 0.207. The van der Waals surface area contributed by atoms with Crippen LogP contribution in [0.3, 0.4) is 0 Å². The van der Waals surface area contributed by atoms with Gasteiger partial charge in [0.1, 0.15) is 6.10 Å². The number of carbonyl (C=O) groups is 2. The van der Waals surface area contributed by atoms with Gasteiger partial charge in [0.05, 0.1) is 5.54 Å². The molecule has 1 heterocycles. The van der Waals surface area contributed by atoms with E-state index in [1.807, 2.05) is 13.8 Å². The van der Waals surface area contributed by atoms with Crippen LogP contribution in [0.2, 0.25) is 0 Å². The third kappa shape index (κ3) is 3.47. The fourth-order valence-corrected chi connectivity index (χ4v) is 2.12. The normalized spacial score (nSPS) is 23.2. The van der Waals surface area contributed by atoms with Crippen LogP contribution in [0, 0.1) is 0 Å². The Labute approximate surface area is 101 Å². The standard InChI is InChI=1S/C12H19NO4/c1-8-6-11(16-9(2)14)7-12(4,5)13(8)17-10(3)15/h11H,1,6-7H2,2-5H3. The van der Waals surface area contributed by atoms with Gasteiger partial charge in [-0.05, 0) is 13.8 Å². The van der Waals surface area contributed by atoms with Crippen molar-refractivity contribution in [1.82, 2.24) is 5.06 Å². The minimum atomic E-state index is -0.429. The highest BCUT2D eigenvalue weighted by Crippen LogP contribution is 2.35. The van der Waals surface area contributed by atoms with Crippen LogP contribution in [0.5, 0.6) is 0 Å². The second-order valence-corrected chi connectivity index (χ2v) is 4.90. The zero-order valence-electron chi connectivity index (χ0n) is 10.8. The largest absolute Gasteiger partial charge is 0.462 e. The Morgan fingerprint density at radius 2 is 1.94 bits per heavy atom. The minimum Gasteiger partial charge on any atom is -0.462 e. The summed E-state index contributed by atoms with van der Waals surface area (Å²) in [7, 11) is 0. The molecule has 1 fully saturated rings. The molecular weight excluding hydrogens is 222 g/mol. The summed E-state index contributed by atoms with van der Waals surface area (Å²) >= 11 is 0. The lowest BCUT2D eigenvalue weighted by Gasteiger charge is -2.45. The highest BCUT2D eigenvalue weighted by Gasteiger charge is 2.40. The SMILES string of the molecule is C=C1CC(OC(C)=O)CC(C)(C)N1OC(C)=O. The smallest absolute Gasteiger partial charge is 0.329 e. The summed E-state index contributed by atoms with van der Waals surface area (Å²) in [6.07, 6.45) is 0.872. The molecule has 0 aromatic carbocycles. The first-order chi connectivity index (χ1) is 7.72. The molecule has 0 spiro atoms. The first-order valence-electron chi connectivity index (χ1n) is 5.56. The van der Waals surface area contributed by atoms with Crippen molar-refractivity contribution in [2.24, 2.45) is 0 Å². The van der Waals surface area contributed by atoms with E-state index in [1.165, 1.54) is 18.9 Å². The Morgan fingerprint density at radius 1 is 1.35 bits per heavy atom.